The van der Waals surface area contributed by atoms with Crippen molar-refractivity contribution >= 4 is 27.3 Å². The van der Waals surface area contributed by atoms with E-state index < -0.39 is 0 Å². The van der Waals surface area contributed by atoms with Crippen LogP contribution in [0, 0.1) is 22.8 Å². The Bertz CT molecular complexity index is 1820. The van der Waals surface area contributed by atoms with Gasteiger partial charge in [-0.1, -0.05) is 109 Å². The van der Waals surface area contributed by atoms with Gasteiger partial charge in [0.25, 0.3) is 0 Å². The van der Waals surface area contributed by atoms with Crippen molar-refractivity contribution in [2.45, 2.75) is 126 Å². The van der Waals surface area contributed by atoms with E-state index in [9.17, 15) is 9.90 Å². The van der Waals surface area contributed by atoms with Crippen LogP contribution in [-0.4, -0.2) is 15.9 Å². The Morgan fingerprint density at radius 1 is 1.00 bits per heavy atom. The van der Waals surface area contributed by atoms with Gasteiger partial charge in [0.15, 0.2) is 5.78 Å². The smallest absolute Gasteiger partial charge is 0.164 e. The monoisotopic (exact) mass is 839 g/mol. The van der Waals surface area contributed by atoms with Crippen LogP contribution >= 0.6 is 0 Å². The fraction of sp³-hybridized carbons (Fsp3) is 0.500. The Kier molecular flexibility index (Phi) is 12.6. The Morgan fingerprint density at radius 2 is 1.65 bits per heavy atom. The predicted octanol–water partition coefficient (Wildman–Crippen LogP) is 12.9. The van der Waals surface area contributed by atoms with Crippen molar-refractivity contribution in [1.29, 1.82) is 0 Å². The molecule has 1 aliphatic heterocycles. The quantitative estimate of drug-likeness (QED) is 0.0913. The first-order valence-electron chi connectivity index (χ1n) is 18.4. The number of carbonyl (C=O) groups is 1. The second-order valence-electron chi connectivity index (χ2n) is 15.6. The van der Waals surface area contributed by atoms with E-state index in [4.69, 9.17) is 9.72 Å². The first kappa shape index (κ1) is 38.8. The van der Waals surface area contributed by atoms with E-state index >= 15 is 0 Å². The second kappa shape index (κ2) is 15.9. The van der Waals surface area contributed by atoms with Crippen LogP contribution in [0.3, 0.4) is 0 Å². The van der Waals surface area contributed by atoms with E-state index in [-0.39, 0.29) is 42.6 Å². The second-order valence-corrected chi connectivity index (χ2v) is 15.6. The van der Waals surface area contributed by atoms with Gasteiger partial charge in [-0.2, -0.15) is 0 Å². The third kappa shape index (κ3) is 7.99. The van der Waals surface area contributed by atoms with Gasteiger partial charge in [0.1, 0.15) is 11.5 Å². The minimum atomic E-state index is -0.258. The molecule has 3 aromatic carbocycles. The molecule has 1 aromatic heterocycles. The summed E-state index contributed by atoms with van der Waals surface area (Å²) in [6.07, 6.45) is 11.5. The molecule has 0 saturated heterocycles. The van der Waals surface area contributed by atoms with Gasteiger partial charge in [-0.3, -0.25) is 9.78 Å². The first-order valence-corrected chi connectivity index (χ1v) is 18.4. The Morgan fingerprint density at radius 3 is 2.27 bits per heavy atom. The number of aliphatic hydroxyl groups is 1. The molecule has 1 radical (unpaired) electrons. The van der Waals surface area contributed by atoms with Crippen LogP contribution in [0.25, 0.3) is 32.8 Å². The standard InChI is InChI=1S/C29H28NO.C15H28O2.Ir/c1-29(2,3)17-24-22-11-7-6-10-19(22)15-23-27-26-20(12-13-30-27)14-21(18-8-4-5-9-18)16-25(26)31-28(23)24;1-7-12(8-2)13(16)11(5)14(17)15(6,9-3)10-4;/h6-7,10-14,16,18H,4-5,8-9,17H2,1-3H3;12,17H,7-10H2,1-6H3;/q-1;;/b;14-11-;. The van der Waals surface area contributed by atoms with Crippen LogP contribution < -0.4 is 4.74 Å². The molecule has 4 nitrogen and oxygen atoms in total. The number of Topliss-reactive ketones (excluding diaryl/α,β-unsaturated/α-hetero) is 1. The first-order chi connectivity index (χ1) is 22.9. The summed E-state index contributed by atoms with van der Waals surface area (Å²) in [5.74, 6) is 3.02. The molecule has 1 saturated carbocycles. The number of hydrogen-bond acceptors (Lipinski definition) is 4. The number of aliphatic hydroxyl groups excluding tert-OH is 1. The zero-order valence-corrected chi connectivity index (χ0v) is 33.6. The number of pyridine rings is 1. The van der Waals surface area contributed by atoms with Gasteiger partial charge in [0.2, 0.25) is 0 Å². The van der Waals surface area contributed by atoms with Crippen LogP contribution in [0.15, 0.2) is 60.0 Å². The molecule has 49 heavy (non-hydrogen) atoms. The molecule has 265 valence electrons. The van der Waals surface area contributed by atoms with E-state index in [1.807, 2.05) is 27.0 Å². The van der Waals surface area contributed by atoms with Crippen LogP contribution in [0.2, 0.25) is 0 Å². The summed E-state index contributed by atoms with van der Waals surface area (Å²) >= 11 is 0. The molecule has 4 aromatic rings. The van der Waals surface area contributed by atoms with Gasteiger partial charge >= 0.3 is 0 Å². The molecular weight excluding hydrogens is 783 g/mol. The van der Waals surface area contributed by atoms with Gasteiger partial charge in [0, 0.05) is 54.3 Å². The average Bonchev–Trinajstić information content (AvgIpc) is 3.63. The average molecular weight is 839 g/mol. The summed E-state index contributed by atoms with van der Waals surface area (Å²) in [5, 5.41) is 15.0. The van der Waals surface area contributed by atoms with Gasteiger partial charge < -0.3 is 9.84 Å². The van der Waals surface area contributed by atoms with E-state index in [1.54, 1.807) is 6.92 Å². The number of allylic oxidation sites excluding steroid dienone is 2. The summed E-state index contributed by atoms with van der Waals surface area (Å²) < 4.78 is 6.76. The summed E-state index contributed by atoms with van der Waals surface area (Å²) in [6, 6.07) is 19.0. The molecule has 1 fully saturated rings. The van der Waals surface area contributed by atoms with Crippen LogP contribution in [0.4, 0.5) is 0 Å². The zero-order chi connectivity index (χ0) is 34.8. The van der Waals surface area contributed by atoms with Gasteiger partial charge in [-0.25, -0.2) is 0 Å². The Balaban J connectivity index is 0.000000260. The molecule has 0 spiro atoms. The molecule has 5 heteroatoms. The minimum Gasteiger partial charge on any atom is -0.511 e. The molecule has 6 rings (SSSR count). The van der Waals surface area contributed by atoms with Crippen molar-refractivity contribution < 1.29 is 34.7 Å². The summed E-state index contributed by atoms with van der Waals surface area (Å²) in [4.78, 5) is 17.0. The molecule has 0 atom stereocenters. The maximum atomic E-state index is 12.2. The third-order valence-corrected chi connectivity index (χ3v) is 11.1. The number of aromatic nitrogens is 1. The number of rotatable bonds is 9. The zero-order valence-electron chi connectivity index (χ0n) is 31.2. The fourth-order valence-corrected chi connectivity index (χ4v) is 7.60. The molecule has 0 amide bonds. The number of carbonyl (C=O) groups excluding carboxylic acids is 1. The fourth-order valence-electron chi connectivity index (χ4n) is 7.60. The number of nitrogens with zero attached hydrogens (tertiary/aromatic N) is 1. The van der Waals surface area contributed by atoms with Crippen molar-refractivity contribution in [2.75, 3.05) is 0 Å². The topological polar surface area (TPSA) is 59.4 Å². The largest absolute Gasteiger partial charge is 0.511 e. The Labute approximate surface area is 308 Å². The Hall–Kier alpha value is -3.01. The maximum absolute atomic E-state index is 12.2. The van der Waals surface area contributed by atoms with Crippen molar-refractivity contribution in [3.05, 3.63) is 77.2 Å². The molecule has 1 N–H and O–H groups in total. The van der Waals surface area contributed by atoms with Crippen molar-refractivity contribution in [2.24, 2.45) is 16.7 Å². The molecule has 2 aliphatic rings. The molecule has 2 heterocycles. The number of ether oxygens (including phenoxy) is 1. The molecule has 0 bridgehead atoms. The summed E-state index contributed by atoms with van der Waals surface area (Å²) in [6.45, 7) is 18.8. The number of ketones is 1. The predicted molar refractivity (Wildman–Crippen MR) is 201 cm³/mol. The summed E-state index contributed by atoms with van der Waals surface area (Å²) in [5.41, 5.74) is 5.15. The molecular formula is C44H56IrNO3-. The normalized spacial score (nSPS) is 14.9. The maximum Gasteiger partial charge on any atom is 0.164 e. The van der Waals surface area contributed by atoms with E-state index in [0.29, 0.717) is 17.3 Å². The number of benzene rings is 3. The number of hydrogen-bond donors (Lipinski definition) is 1. The molecule has 1 aliphatic carbocycles. The SMILES string of the molecule is CC(C)(C)Cc1c2c([c-]c3ccccc13)-c1nccc3cc(C4CCCC4)cc(c13)O2.CCC(CC)C(=O)/C(C)=C(\O)C(C)(CC)CC.[Ir]. The van der Waals surface area contributed by atoms with Crippen LogP contribution in [0.1, 0.15) is 131 Å². The van der Waals surface area contributed by atoms with Crippen molar-refractivity contribution in [3.63, 3.8) is 0 Å². The van der Waals surface area contributed by atoms with Gasteiger partial charge in [-0.15, -0.1) is 17.5 Å². The van der Waals surface area contributed by atoms with Crippen LogP contribution in [-0.2, 0) is 31.3 Å². The molecule has 0 unspecified atom stereocenters. The summed E-state index contributed by atoms with van der Waals surface area (Å²) in [7, 11) is 0. The third-order valence-electron chi connectivity index (χ3n) is 11.1. The van der Waals surface area contributed by atoms with Gasteiger partial charge in [-0.05, 0) is 86.3 Å². The van der Waals surface area contributed by atoms with Crippen molar-refractivity contribution in [3.8, 4) is 22.8 Å². The minimum absolute atomic E-state index is 0. The van der Waals surface area contributed by atoms with Crippen LogP contribution in [0.5, 0.6) is 11.5 Å². The number of fused-ring (bicyclic) bond motifs is 3. The van der Waals surface area contributed by atoms with Crippen molar-refractivity contribution in [1.82, 2.24) is 4.98 Å². The van der Waals surface area contributed by atoms with E-state index in [1.165, 1.54) is 47.6 Å². The van der Waals surface area contributed by atoms with Gasteiger partial charge in [0.05, 0.1) is 5.75 Å². The van der Waals surface area contributed by atoms with E-state index in [2.05, 4.69) is 83.1 Å². The van der Waals surface area contributed by atoms with E-state index in [0.717, 1.165) is 65.6 Å².